The van der Waals surface area contributed by atoms with E-state index in [-0.39, 0.29) is 18.2 Å². The molecule has 0 bridgehead atoms. The molecule has 1 atom stereocenters. The SMILES string of the molecule is CN(CC1CCCOC1)c1ccc(CN)cc1C(F)(F)F. The summed E-state index contributed by atoms with van der Waals surface area (Å²) >= 11 is 0. The molecule has 1 saturated heterocycles. The highest BCUT2D eigenvalue weighted by atomic mass is 19.4. The molecule has 0 aliphatic carbocycles. The van der Waals surface area contributed by atoms with Crippen LogP contribution in [0.5, 0.6) is 0 Å². The van der Waals surface area contributed by atoms with Crippen LogP contribution in [-0.4, -0.2) is 26.8 Å². The summed E-state index contributed by atoms with van der Waals surface area (Å²) in [6, 6.07) is 4.30. The predicted octanol–water partition coefficient (Wildman–Crippen LogP) is 3.03. The largest absolute Gasteiger partial charge is 0.418 e. The number of halogens is 3. The minimum absolute atomic E-state index is 0.101. The third kappa shape index (κ3) is 4.11. The molecule has 0 spiro atoms. The molecule has 1 aliphatic heterocycles. The number of ether oxygens (including phenoxy) is 1. The Kier molecular flexibility index (Phi) is 5.11. The number of alkyl halides is 3. The monoisotopic (exact) mass is 302 g/mol. The Bertz CT molecular complexity index is 470. The second-order valence-electron chi connectivity index (χ2n) is 5.52. The summed E-state index contributed by atoms with van der Waals surface area (Å²) in [6.07, 6.45) is -2.42. The van der Waals surface area contributed by atoms with Gasteiger partial charge in [-0.2, -0.15) is 13.2 Å². The van der Waals surface area contributed by atoms with E-state index < -0.39 is 11.7 Å². The summed E-state index contributed by atoms with van der Waals surface area (Å²) in [4.78, 5) is 1.67. The van der Waals surface area contributed by atoms with E-state index in [1.54, 1.807) is 18.0 Å². The van der Waals surface area contributed by atoms with Gasteiger partial charge in [-0.3, -0.25) is 0 Å². The summed E-state index contributed by atoms with van der Waals surface area (Å²) in [7, 11) is 1.70. The van der Waals surface area contributed by atoms with Gasteiger partial charge < -0.3 is 15.4 Å². The molecule has 1 unspecified atom stereocenters. The Morgan fingerprint density at radius 1 is 1.38 bits per heavy atom. The van der Waals surface area contributed by atoms with Crippen LogP contribution >= 0.6 is 0 Å². The van der Waals surface area contributed by atoms with Crippen LogP contribution in [0.2, 0.25) is 0 Å². The molecule has 118 valence electrons. The van der Waals surface area contributed by atoms with Crippen LogP contribution in [0.1, 0.15) is 24.0 Å². The van der Waals surface area contributed by atoms with Crippen LogP contribution in [0.25, 0.3) is 0 Å². The predicted molar refractivity (Wildman–Crippen MR) is 76.1 cm³/mol. The average molecular weight is 302 g/mol. The summed E-state index contributed by atoms with van der Waals surface area (Å²) in [6.45, 7) is 2.03. The van der Waals surface area contributed by atoms with Gasteiger partial charge in [0.25, 0.3) is 0 Å². The lowest BCUT2D eigenvalue weighted by molar-refractivity contribution is -0.137. The van der Waals surface area contributed by atoms with Crippen LogP contribution in [0, 0.1) is 5.92 Å². The number of benzene rings is 1. The first-order valence-corrected chi connectivity index (χ1v) is 7.11. The quantitative estimate of drug-likeness (QED) is 0.929. The number of hydrogen-bond acceptors (Lipinski definition) is 3. The van der Waals surface area contributed by atoms with Crippen molar-refractivity contribution in [1.82, 2.24) is 0 Å². The molecule has 0 saturated carbocycles. The van der Waals surface area contributed by atoms with Gasteiger partial charge in [-0.05, 0) is 36.5 Å². The first kappa shape index (κ1) is 16.1. The van der Waals surface area contributed by atoms with E-state index in [9.17, 15) is 13.2 Å². The Morgan fingerprint density at radius 2 is 2.14 bits per heavy atom. The molecule has 1 aromatic rings. The molecule has 0 aromatic heterocycles. The highest BCUT2D eigenvalue weighted by molar-refractivity contribution is 5.56. The van der Waals surface area contributed by atoms with Gasteiger partial charge in [0.05, 0.1) is 12.2 Å². The van der Waals surface area contributed by atoms with E-state index in [1.807, 2.05) is 0 Å². The Hall–Kier alpha value is -1.27. The van der Waals surface area contributed by atoms with Gasteiger partial charge in [0.15, 0.2) is 0 Å². The van der Waals surface area contributed by atoms with E-state index in [1.165, 1.54) is 6.07 Å². The number of anilines is 1. The average Bonchev–Trinajstić information content (AvgIpc) is 2.46. The van der Waals surface area contributed by atoms with Gasteiger partial charge >= 0.3 is 6.18 Å². The minimum Gasteiger partial charge on any atom is -0.381 e. The molecule has 21 heavy (non-hydrogen) atoms. The second kappa shape index (κ2) is 6.66. The zero-order valence-electron chi connectivity index (χ0n) is 12.1. The minimum atomic E-state index is -4.38. The van der Waals surface area contributed by atoms with Crippen molar-refractivity contribution in [2.24, 2.45) is 11.7 Å². The van der Waals surface area contributed by atoms with Crippen molar-refractivity contribution in [2.45, 2.75) is 25.6 Å². The van der Waals surface area contributed by atoms with E-state index in [0.717, 1.165) is 25.5 Å². The van der Waals surface area contributed by atoms with Crippen LogP contribution in [-0.2, 0) is 17.5 Å². The zero-order chi connectivity index (χ0) is 15.5. The molecule has 2 N–H and O–H groups in total. The Balaban J connectivity index is 2.20. The van der Waals surface area contributed by atoms with E-state index in [4.69, 9.17) is 10.5 Å². The molecule has 2 rings (SSSR count). The maximum absolute atomic E-state index is 13.2. The van der Waals surface area contributed by atoms with E-state index >= 15 is 0 Å². The highest BCUT2D eigenvalue weighted by Crippen LogP contribution is 2.37. The summed E-state index contributed by atoms with van der Waals surface area (Å²) in [5.74, 6) is 0.277. The normalized spacial score (nSPS) is 19.6. The zero-order valence-corrected chi connectivity index (χ0v) is 12.1. The fourth-order valence-electron chi connectivity index (χ4n) is 2.71. The number of nitrogens with two attached hydrogens (primary N) is 1. The van der Waals surface area contributed by atoms with Gasteiger partial charge in [-0.25, -0.2) is 0 Å². The topological polar surface area (TPSA) is 38.5 Å². The van der Waals surface area contributed by atoms with E-state index in [0.29, 0.717) is 18.7 Å². The van der Waals surface area contributed by atoms with Crippen molar-refractivity contribution < 1.29 is 17.9 Å². The van der Waals surface area contributed by atoms with Crippen molar-refractivity contribution >= 4 is 5.69 Å². The third-order valence-electron chi connectivity index (χ3n) is 3.80. The van der Waals surface area contributed by atoms with Crippen molar-refractivity contribution in [3.05, 3.63) is 29.3 Å². The first-order chi connectivity index (χ1) is 9.91. The standard InChI is InChI=1S/C15H21F3N2O/c1-20(9-12-3-2-6-21-10-12)14-5-4-11(8-19)7-13(14)15(16,17)18/h4-5,7,12H,2-3,6,8-10,19H2,1H3. The number of rotatable bonds is 4. The van der Waals surface area contributed by atoms with Crippen LogP contribution < -0.4 is 10.6 Å². The lowest BCUT2D eigenvalue weighted by Gasteiger charge is -2.30. The molecule has 0 radical (unpaired) electrons. The molecule has 3 nitrogen and oxygen atoms in total. The molecule has 1 aliphatic rings. The highest BCUT2D eigenvalue weighted by Gasteiger charge is 2.35. The van der Waals surface area contributed by atoms with Gasteiger partial charge in [0, 0.05) is 32.4 Å². The van der Waals surface area contributed by atoms with Crippen LogP contribution in [0.3, 0.4) is 0 Å². The summed E-state index contributed by atoms with van der Waals surface area (Å²) in [5.41, 5.74) is 5.51. The van der Waals surface area contributed by atoms with Gasteiger partial charge in [-0.1, -0.05) is 6.07 Å². The fraction of sp³-hybridized carbons (Fsp3) is 0.600. The molecule has 0 amide bonds. The molecular formula is C15H21F3N2O. The van der Waals surface area contributed by atoms with Crippen LogP contribution in [0.15, 0.2) is 18.2 Å². The summed E-state index contributed by atoms with van der Waals surface area (Å²) < 4.78 is 45.0. The smallest absolute Gasteiger partial charge is 0.381 e. The molecule has 1 aromatic carbocycles. The van der Waals surface area contributed by atoms with Crippen molar-refractivity contribution in [1.29, 1.82) is 0 Å². The maximum atomic E-state index is 13.2. The summed E-state index contributed by atoms with van der Waals surface area (Å²) in [5, 5.41) is 0. The molecule has 1 heterocycles. The molecule has 1 fully saturated rings. The van der Waals surface area contributed by atoms with Gasteiger partial charge in [0.1, 0.15) is 0 Å². The number of nitrogens with zero attached hydrogens (tertiary/aromatic N) is 1. The Morgan fingerprint density at radius 3 is 2.71 bits per heavy atom. The van der Waals surface area contributed by atoms with Crippen molar-refractivity contribution in [3.8, 4) is 0 Å². The van der Waals surface area contributed by atoms with Gasteiger partial charge in [0.2, 0.25) is 0 Å². The lowest BCUT2D eigenvalue weighted by Crippen LogP contribution is -2.32. The van der Waals surface area contributed by atoms with Crippen LogP contribution in [0.4, 0.5) is 18.9 Å². The Labute approximate surface area is 122 Å². The first-order valence-electron chi connectivity index (χ1n) is 7.11. The molecule has 6 heteroatoms. The van der Waals surface area contributed by atoms with E-state index in [2.05, 4.69) is 0 Å². The second-order valence-corrected chi connectivity index (χ2v) is 5.52. The molecular weight excluding hydrogens is 281 g/mol. The van der Waals surface area contributed by atoms with Crippen molar-refractivity contribution in [3.63, 3.8) is 0 Å². The van der Waals surface area contributed by atoms with Crippen molar-refractivity contribution in [2.75, 3.05) is 31.7 Å². The number of hydrogen-bond donors (Lipinski definition) is 1. The fourth-order valence-corrected chi connectivity index (χ4v) is 2.71. The maximum Gasteiger partial charge on any atom is 0.418 e. The third-order valence-corrected chi connectivity index (χ3v) is 3.80. The van der Waals surface area contributed by atoms with Gasteiger partial charge in [-0.15, -0.1) is 0 Å². The lowest BCUT2D eigenvalue weighted by atomic mass is 10.0.